The zero-order chi connectivity index (χ0) is 8.10. The minimum atomic E-state index is 0.676. The molecule has 0 N–H and O–H groups in total. The topological polar surface area (TPSA) is 25.8 Å². The van der Waals surface area contributed by atoms with Crippen molar-refractivity contribution >= 4 is 11.8 Å². The summed E-state index contributed by atoms with van der Waals surface area (Å²) in [7, 11) is 0. The van der Waals surface area contributed by atoms with Gasteiger partial charge in [-0.25, -0.2) is 9.97 Å². The van der Waals surface area contributed by atoms with Gasteiger partial charge in [0.05, 0.1) is 0 Å². The standard InChI is InChI=1S/C8H12N2S/c1-7(2)11-5-8-3-9-6-10-4-8/h3-4,6-7H,5H2,1-2H3. The lowest BCUT2D eigenvalue weighted by atomic mass is 10.4. The molecule has 0 aliphatic heterocycles. The molecule has 3 heteroatoms. The SMILES string of the molecule is CC(C)SCc1cncnc1. The summed E-state index contributed by atoms with van der Waals surface area (Å²) in [5.74, 6) is 1.01. The Labute approximate surface area is 71.5 Å². The summed E-state index contributed by atoms with van der Waals surface area (Å²) in [6, 6.07) is 0. The molecule has 0 atom stereocenters. The molecule has 1 heterocycles. The van der Waals surface area contributed by atoms with Crippen LogP contribution in [0.3, 0.4) is 0 Å². The zero-order valence-corrected chi connectivity index (χ0v) is 7.64. The fraction of sp³-hybridized carbons (Fsp3) is 0.500. The van der Waals surface area contributed by atoms with Crippen LogP contribution in [0.25, 0.3) is 0 Å². The van der Waals surface area contributed by atoms with Crippen molar-refractivity contribution in [2.45, 2.75) is 24.9 Å². The van der Waals surface area contributed by atoms with Crippen molar-refractivity contribution in [3.8, 4) is 0 Å². The van der Waals surface area contributed by atoms with E-state index in [4.69, 9.17) is 0 Å². The lowest BCUT2D eigenvalue weighted by molar-refractivity contribution is 1.09. The van der Waals surface area contributed by atoms with Crippen molar-refractivity contribution in [3.05, 3.63) is 24.3 Å². The summed E-state index contributed by atoms with van der Waals surface area (Å²) in [4.78, 5) is 7.88. The van der Waals surface area contributed by atoms with Gasteiger partial charge in [-0.1, -0.05) is 13.8 Å². The summed E-state index contributed by atoms with van der Waals surface area (Å²) in [6.07, 6.45) is 5.29. The molecule has 0 spiro atoms. The highest BCUT2D eigenvalue weighted by molar-refractivity contribution is 7.99. The molecule has 1 rings (SSSR count). The highest BCUT2D eigenvalue weighted by atomic mass is 32.2. The van der Waals surface area contributed by atoms with Crippen LogP contribution in [-0.2, 0) is 5.75 Å². The van der Waals surface area contributed by atoms with Gasteiger partial charge in [-0.2, -0.15) is 11.8 Å². The molecule has 0 saturated heterocycles. The normalized spacial score (nSPS) is 10.5. The number of thioether (sulfide) groups is 1. The molecule has 11 heavy (non-hydrogen) atoms. The van der Waals surface area contributed by atoms with Gasteiger partial charge in [0.1, 0.15) is 6.33 Å². The lowest BCUT2D eigenvalue weighted by Crippen LogP contribution is -1.90. The number of rotatable bonds is 3. The van der Waals surface area contributed by atoms with Crippen LogP contribution in [0.15, 0.2) is 18.7 Å². The average molecular weight is 168 g/mol. The van der Waals surface area contributed by atoms with Crippen molar-refractivity contribution < 1.29 is 0 Å². The van der Waals surface area contributed by atoms with Crippen LogP contribution in [0, 0.1) is 0 Å². The molecule has 1 aromatic rings. The van der Waals surface area contributed by atoms with E-state index in [1.807, 2.05) is 24.2 Å². The highest BCUT2D eigenvalue weighted by Gasteiger charge is 1.95. The highest BCUT2D eigenvalue weighted by Crippen LogP contribution is 2.14. The molecule has 0 fully saturated rings. The van der Waals surface area contributed by atoms with E-state index >= 15 is 0 Å². The third-order valence-electron chi connectivity index (χ3n) is 1.20. The van der Waals surface area contributed by atoms with E-state index < -0.39 is 0 Å². The van der Waals surface area contributed by atoms with Crippen molar-refractivity contribution in [1.82, 2.24) is 9.97 Å². The van der Waals surface area contributed by atoms with E-state index in [1.54, 1.807) is 6.33 Å². The Bertz CT molecular complexity index is 199. The predicted molar refractivity (Wildman–Crippen MR) is 48.5 cm³/mol. The summed E-state index contributed by atoms with van der Waals surface area (Å²) in [5.41, 5.74) is 1.20. The molecule has 0 bridgehead atoms. The van der Waals surface area contributed by atoms with Gasteiger partial charge in [-0.05, 0) is 10.8 Å². The Morgan fingerprint density at radius 3 is 2.55 bits per heavy atom. The van der Waals surface area contributed by atoms with Crippen LogP contribution >= 0.6 is 11.8 Å². The summed E-state index contributed by atoms with van der Waals surface area (Å²) < 4.78 is 0. The van der Waals surface area contributed by atoms with E-state index in [0.29, 0.717) is 5.25 Å². The monoisotopic (exact) mass is 168 g/mol. The zero-order valence-electron chi connectivity index (χ0n) is 6.82. The fourth-order valence-electron chi connectivity index (χ4n) is 0.667. The van der Waals surface area contributed by atoms with Gasteiger partial charge >= 0.3 is 0 Å². The van der Waals surface area contributed by atoms with Gasteiger partial charge in [-0.15, -0.1) is 0 Å². The summed E-state index contributed by atoms with van der Waals surface area (Å²) in [6.45, 7) is 4.38. The minimum absolute atomic E-state index is 0.676. The Balaban J connectivity index is 2.39. The molecule has 0 radical (unpaired) electrons. The molecule has 0 aliphatic rings. The van der Waals surface area contributed by atoms with Gasteiger partial charge in [0.25, 0.3) is 0 Å². The molecule has 0 aliphatic carbocycles. The summed E-state index contributed by atoms with van der Waals surface area (Å²) in [5, 5.41) is 0.676. The molecule has 1 aromatic heterocycles. The molecule has 60 valence electrons. The average Bonchev–Trinajstić information content (AvgIpc) is 2.03. The maximum atomic E-state index is 3.94. The number of hydrogen-bond acceptors (Lipinski definition) is 3. The van der Waals surface area contributed by atoms with E-state index in [-0.39, 0.29) is 0 Å². The molecule has 0 aromatic carbocycles. The van der Waals surface area contributed by atoms with Gasteiger partial charge < -0.3 is 0 Å². The van der Waals surface area contributed by atoms with Crippen LogP contribution in [0.5, 0.6) is 0 Å². The first-order valence-electron chi connectivity index (χ1n) is 3.64. The third-order valence-corrected chi connectivity index (χ3v) is 2.36. The first-order valence-corrected chi connectivity index (χ1v) is 4.69. The number of nitrogens with zero attached hydrogens (tertiary/aromatic N) is 2. The first-order chi connectivity index (χ1) is 5.29. The van der Waals surface area contributed by atoms with E-state index in [1.165, 1.54) is 5.56 Å². The first kappa shape index (κ1) is 8.53. The molecular formula is C8H12N2S. The van der Waals surface area contributed by atoms with E-state index in [9.17, 15) is 0 Å². The Kier molecular flexibility index (Phi) is 3.36. The lowest BCUT2D eigenvalue weighted by Gasteiger charge is -2.02. The van der Waals surface area contributed by atoms with E-state index in [0.717, 1.165) is 5.75 Å². The number of hydrogen-bond donors (Lipinski definition) is 0. The second-order valence-electron chi connectivity index (χ2n) is 2.61. The molecule has 0 saturated carbocycles. The minimum Gasteiger partial charge on any atom is -0.245 e. The maximum absolute atomic E-state index is 3.94. The summed E-state index contributed by atoms with van der Waals surface area (Å²) >= 11 is 1.90. The van der Waals surface area contributed by atoms with E-state index in [2.05, 4.69) is 23.8 Å². The molecule has 0 unspecified atom stereocenters. The van der Waals surface area contributed by atoms with Gasteiger partial charge in [-0.3, -0.25) is 0 Å². The molecular weight excluding hydrogens is 156 g/mol. The largest absolute Gasteiger partial charge is 0.245 e. The molecule has 0 amide bonds. The van der Waals surface area contributed by atoms with Crippen LogP contribution in [-0.4, -0.2) is 15.2 Å². The smallest absolute Gasteiger partial charge is 0.115 e. The predicted octanol–water partition coefficient (Wildman–Crippen LogP) is 2.12. The Hall–Kier alpha value is -0.570. The van der Waals surface area contributed by atoms with Crippen molar-refractivity contribution in [3.63, 3.8) is 0 Å². The Morgan fingerprint density at radius 2 is 2.00 bits per heavy atom. The maximum Gasteiger partial charge on any atom is 0.115 e. The van der Waals surface area contributed by atoms with Crippen LogP contribution < -0.4 is 0 Å². The van der Waals surface area contributed by atoms with Crippen molar-refractivity contribution in [2.24, 2.45) is 0 Å². The second kappa shape index (κ2) is 4.34. The molecule has 2 nitrogen and oxygen atoms in total. The number of aromatic nitrogens is 2. The van der Waals surface area contributed by atoms with Crippen LogP contribution in [0.2, 0.25) is 0 Å². The second-order valence-corrected chi connectivity index (χ2v) is 4.17. The fourth-order valence-corrected chi connectivity index (χ4v) is 1.34. The van der Waals surface area contributed by atoms with Crippen LogP contribution in [0.1, 0.15) is 19.4 Å². The Morgan fingerprint density at radius 1 is 1.36 bits per heavy atom. The van der Waals surface area contributed by atoms with Gasteiger partial charge in [0, 0.05) is 18.1 Å². The van der Waals surface area contributed by atoms with Crippen molar-refractivity contribution in [1.29, 1.82) is 0 Å². The third kappa shape index (κ3) is 3.37. The quantitative estimate of drug-likeness (QED) is 0.691. The van der Waals surface area contributed by atoms with Gasteiger partial charge in [0.2, 0.25) is 0 Å². The van der Waals surface area contributed by atoms with Gasteiger partial charge in [0.15, 0.2) is 0 Å². The van der Waals surface area contributed by atoms with Crippen molar-refractivity contribution in [2.75, 3.05) is 0 Å². The van der Waals surface area contributed by atoms with Crippen LogP contribution in [0.4, 0.5) is 0 Å².